The molecule has 0 aliphatic heterocycles. The van der Waals surface area contributed by atoms with Crippen LogP contribution < -0.4 is 10.5 Å². The van der Waals surface area contributed by atoms with Crippen LogP contribution in [-0.4, -0.2) is 30.7 Å². The molecule has 9 heteroatoms. The van der Waals surface area contributed by atoms with Gasteiger partial charge in [0.25, 0.3) is 0 Å². The van der Waals surface area contributed by atoms with Gasteiger partial charge in [0.2, 0.25) is 15.3 Å². The van der Waals surface area contributed by atoms with Crippen LogP contribution in [-0.2, 0) is 10.0 Å². The SMILES string of the molecule is NS(=O)(=O)CCCNc1nc(Cl)ncc1F. The summed E-state index contributed by atoms with van der Waals surface area (Å²) in [6.45, 7) is 0.223. The molecule has 0 aromatic carbocycles. The second kappa shape index (κ2) is 5.37. The third kappa shape index (κ3) is 4.69. The fourth-order valence-corrected chi connectivity index (χ4v) is 1.63. The van der Waals surface area contributed by atoms with Crippen molar-refractivity contribution in [3.8, 4) is 0 Å². The predicted octanol–water partition coefficient (Wildman–Crippen LogP) is 0.360. The largest absolute Gasteiger partial charge is 0.367 e. The van der Waals surface area contributed by atoms with E-state index in [0.29, 0.717) is 0 Å². The molecule has 1 aromatic rings. The van der Waals surface area contributed by atoms with Gasteiger partial charge in [-0.2, -0.15) is 4.98 Å². The van der Waals surface area contributed by atoms with Crippen LogP contribution in [0.25, 0.3) is 0 Å². The highest BCUT2D eigenvalue weighted by atomic mass is 35.5. The highest BCUT2D eigenvalue weighted by Crippen LogP contribution is 2.11. The number of anilines is 1. The van der Waals surface area contributed by atoms with Gasteiger partial charge in [0.15, 0.2) is 11.6 Å². The van der Waals surface area contributed by atoms with Crippen LogP contribution in [0.15, 0.2) is 6.20 Å². The van der Waals surface area contributed by atoms with E-state index in [9.17, 15) is 12.8 Å². The van der Waals surface area contributed by atoms with Gasteiger partial charge in [0.1, 0.15) is 0 Å². The van der Waals surface area contributed by atoms with Crippen LogP contribution >= 0.6 is 11.6 Å². The molecule has 0 saturated carbocycles. The van der Waals surface area contributed by atoms with Gasteiger partial charge in [-0.15, -0.1) is 0 Å². The Kier molecular flexibility index (Phi) is 4.39. The van der Waals surface area contributed by atoms with Crippen molar-refractivity contribution < 1.29 is 12.8 Å². The number of hydrogen-bond donors (Lipinski definition) is 2. The van der Waals surface area contributed by atoms with Crippen molar-refractivity contribution in [2.45, 2.75) is 6.42 Å². The summed E-state index contributed by atoms with van der Waals surface area (Å²) in [5.74, 6) is -0.894. The number of nitrogens with zero attached hydrogens (tertiary/aromatic N) is 2. The summed E-state index contributed by atoms with van der Waals surface area (Å²) in [6.07, 6.45) is 1.18. The highest BCUT2D eigenvalue weighted by Gasteiger charge is 2.06. The predicted molar refractivity (Wildman–Crippen MR) is 58.1 cm³/mol. The summed E-state index contributed by atoms with van der Waals surface area (Å²) < 4.78 is 34.2. The van der Waals surface area contributed by atoms with Crippen molar-refractivity contribution in [2.24, 2.45) is 5.14 Å². The number of hydrogen-bond acceptors (Lipinski definition) is 5. The third-order valence-corrected chi connectivity index (χ3v) is 2.65. The molecule has 0 amide bonds. The van der Waals surface area contributed by atoms with Crippen LogP contribution in [0.3, 0.4) is 0 Å². The van der Waals surface area contributed by atoms with Crippen molar-refractivity contribution in [1.29, 1.82) is 0 Å². The lowest BCUT2D eigenvalue weighted by Gasteiger charge is -2.05. The summed E-state index contributed by atoms with van der Waals surface area (Å²) in [6, 6.07) is 0. The Bertz CT molecular complexity index is 467. The van der Waals surface area contributed by atoms with Gasteiger partial charge in [-0.1, -0.05) is 0 Å². The van der Waals surface area contributed by atoms with Gasteiger partial charge in [-0.05, 0) is 18.0 Å². The average Bonchev–Trinajstić information content (AvgIpc) is 2.16. The normalized spacial score (nSPS) is 11.4. The topological polar surface area (TPSA) is 98.0 Å². The first kappa shape index (κ1) is 13.1. The number of primary sulfonamides is 1. The smallest absolute Gasteiger partial charge is 0.224 e. The minimum atomic E-state index is -3.49. The summed E-state index contributed by atoms with van der Waals surface area (Å²) in [5.41, 5.74) is 0. The van der Waals surface area contributed by atoms with E-state index in [4.69, 9.17) is 16.7 Å². The Balaban J connectivity index is 2.46. The molecule has 16 heavy (non-hydrogen) atoms. The lowest BCUT2D eigenvalue weighted by atomic mass is 10.4. The first-order valence-electron chi connectivity index (χ1n) is 4.31. The van der Waals surface area contributed by atoms with E-state index in [1.165, 1.54) is 0 Å². The molecule has 0 saturated heterocycles. The zero-order chi connectivity index (χ0) is 12.2. The Morgan fingerprint density at radius 2 is 2.25 bits per heavy atom. The van der Waals surface area contributed by atoms with Gasteiger partial charge in [0, 0.05) is 6.54 Å². The van der Waals surface area contributed by atoms with Gasteiger partial charge in [-0.25, -0.2) is 22.9 Å². The molecule has 0 bridgehead atoms. The van der Waals surface area contributed by atoms with E-state index in [-0.39, 0.29) is 29.8 Å². The van der Waals surface area contributed by atoms with E-state index in [1.54, 1.807) is 0 Å². The molecule has 0 aliphatic carbocycles. The molecule has 0 aliphatic rings. The molecule has 90 valence electrons. The molecular weight excluding hydrogens is 259 g/mol. The van der Waals surface area contributed by atoms with E-state index < -0.39 is 15.8 Å². The van der Waals surface area contributed by atoms with E-state index in [0.717, 1.165) is 6.20 Å². The Morgan fingerprint density at radius 3 is 2.88 bits per heavy atom. The lowest BCUT2D eigenvalue weighted by molar-refractivity contribution is 0.595. The molecule has 0 unspecified atom stereocenters. The monoisotopic (exact) mass is 268 g/mol. The number of sulfonamides is 1. The fourth-order valence-electron chi connectivity index (χ4n) is 0.950. The number of halogens is 2. The maximum Gasteiger partial charge on any atom is 0.224 e. The Hall–Kier alpha value is -0.990. The molecule has 1 rings (SSSR count). The van der Waals surface area contributed by atoms with Crippen LogP contribution in [0.2, 0.25) is 5.28 Å². The van der Waals surface area contributed by atoms with E-state index in [1.807, 2.05) is 0 Å². The average molecular weight is 269 g/mol. The summed E-state index contributed by atoms with van der Waals surface area (Å²) in [5, 5.41) is 7.30. The number of aromatic nitrogens is 2. The Morgan fingerprint density at radius 1 is 1.56 bits per heavy atom. The minimum Gasteiger partial charge on any atom is -0.367 e. The van der Waals surface area contributed by atoms with Crippen molar-refractivity contribution in [2.75, 3.05) is 17.6 Å². The zero-order valence-corrected chi connectivity index (χ0v) is 9.72. The molecule has 0 radical (unpaired) electrons. The number of rotatable bonds is 5. The van der Waals surface area contributed by atoms with Crippen molar-refractivity contribution in [3.05, 3.63) is 17.3 Å². The van der Waals surface area contributed by atoms with Crippen molar-refractivity contribution in [1.82, 2.24) is 9.97 Å². The van der Waals surface area contributed by atoms with Gasteiger partial charge >= 0.3 is 0 Å². The molecule has 0 fully saturated rings. The maximum absolute atomic E-state index is 13.0. The molecule has 1 heterocycles. The minimum absolute atomic E-state index is 0.0607. The molecule has 0 atom stereocenters. The molecule has 3 N–H and O–H groups in total. The van der Waals surface area contributed by atoms with E-state index in [2.05, 4.69) is 15.3 Å². The van der Waals surface area contributed by atoms with Gasteiger partial charge in [0.05, 0.1) is 11.9 Å². The maximum atomic E-state index is 13.0. The van der Waals surface area contributed by atoms with E-state index >= 15 is 0 Å². The molecule has 0 spiro atoms. The fraction of sp³-hybridized carbons (Fsp3) is 0.429. The van der Waals surface area contributed by atoms with Gasteiger partial charge in [-0.3, -0.25) is 0 Å². The van der Waals surface area contributed by atoms with Crippen LogP contribution in [0.1, 0.15) is 6.42 Å². The summed E-state index contributed by atoms with van der Waals surface area (Å²) >= 11 is 5.46. The zero-order valence-electron chi connectivity index (χ0n) is 8.15. The van der Waals surface area contributed by atoms with Crippen molar-refractivity contribution in [3.63, 3.8) is 0 Å². The summed E-state index contributed by atoms with van der Waals surface area (Å²) in [4.78, 5) is 7.02. The third-order valence-electron chi connectivity index (χ3n) is 1.61. The quantitative estimate of drug-likeness (QED) is 0.593. The Labute approximate surface area is 97.1 Å². The molecule has 6 nitrogen and oxygen atoms in total. The lowest BCUT2D eigenvalue weighted by Crippen LogP contribution is -2.19. The van der Waals surface area contributed by atoms with Crippen LogP contribution in [0.5, 0.6) is 0 Å². The summed E-state index contributed by atoms with van der Waals surface area (Å²) in [7, 11) is -3.49. The molecular formula is C7H10ClFN4O2S. The highest BCUT2D eigenvalue weighted by molar-refractivity contribution is 7.89. The molecule has 1 aromatic heterocycles. The number of nitrogens with one attached hydrogen (secondary N) is 1. The van der Waals surface area contributed by atoms with Gasteiger partial charge < -0.3 is 5.32 Å². The first-order valence-corrected chi connectivity index (χ1v) is 6.40. The second-order valence-corrected chi connectivity index (χ2v) is 5.05. The van der Waals surface area contributed by atoms with Crippen LogP contribution in [0, 0.1) is 5.82 Å². The first-order chi connectivity index (χ1) is 7.38. The standard InChI is InChI=1S/C7H10ClFN4O2S/c8-7-12-4-5(9)6(13-7)11-2-1-3-16(10,14)15/h4H,1-3H2,(H2,10,14,15)(H,11,12,13). The number of nitrogens with two attached hydrogens (primary N) is 1. The second-order valence-electron chi connectivity index (χ2n) is 2.98. The van der Waals surface area contributed by atoms with Crippen molar-refractivity contribution >= 4 is 27.4 Å². The van der Waals surface area contributed by atoms with Crippen LogP contribution in [0.4, 0.5) is 10.2 Å².